The summed E-state index contributed by atoms with van der Waals surface area (Å²) in [5.41, 5.74) is 1.39. The second kappa shape index (κ2) is 10.8. The number of aliphatic hydroxyl groups is 4. The Morgan fingerprint density at radius 3 is 1.97 bits per heavy atom. The lowest BCUT2D eigenvalue weighted by molar-refractivity contribution is -0.341. The fraction of sp³-hybridized carbons (Fsp3) is 0.538. The van der Waals surface area contributed by atoms with E-state index in [1.807, 2.05) is 0 Å². The van der Waals surface area contributed by atoms with Crippen molar-refractivity contribution in [2.24, 2.45) is 11.8 Å². The number of ether oxygens (including phenoxy) is 6. The Balaban J connectivity index is 1.48. The smallest absolute Gasteiger partial charge is 0.189 e. The average Bonchev–Trinajstić information content (AvgIpc) is 3.51. The summed E-state index contributed by atoms with van der Waals surface area (Å²) in [6.45, 7) is -0.321. The van der Waals surface area contributed by atoms with E-state index in [4.69, 9.17) is 28.4 Å². The SMILES string of the molecule is COc1cc([C@H]2O[C@H](O[C@@H]3O[C@H](CO)[C@@H](O)[C@H](O)[C@H]3O)[C@H]3[C@H]2CO[C@H]3c2ccc(O)c(OC)c2)ccc1O. The lowest BCUT2D eigenvalue weighted by Gasteiger charge is -2.41. The molecule has 2 aromatic rings. The van der Waals surface area contributed by atoms with Crippen molar-refractivity contribution < 1.29 is 59.1 Å². The average molecular weight is 537 g/mol. The molecule has 38 heavy (non-hydrogen) atoms. The minimum atomic E-state index is -1.61. The molecule has 0 unspecified atom stereocenters. The van der Waals surface area contributed by atoms with Crippen molar-refractivity contribution in [1.29, 1.82) is 0 Å². The van der Waals surface area contributed by atoms with E-state index in [1.54, 1.807) is 24.3 Å². The predicted molar refractivity (Wildman–Crippen MR) is 127 cm³/mol. The highest BCUT2D eigenvalue weighted by molar-refractivity contribution is 5.44. The Morgan fingerprint density at radius 2 is 1.39 bits per heavy atom. The zero-order chi connectivity index (χ0) is 27.1. The Morgan fingerprint density at radius 1 is 0.789 bits per heavy atom. The molecule has 12 nitrogen and oxygen atoms in total. The largest absolute Gasteiger partial charge is 0.504 e. The summed E-state index contributed by atoms with van der Waals surface area (Å²) in [5, 5.41) is 60.7. The zero-order valence-electron chi connectivity index (χ0n) is 20.8. The first-order valence-corrected chi connectivity index (χ1v) is 12.2. The molecule has 0 radical (unpaired) electrons. The van der Waals surface area contributed by atoms with Crippen molar-refractivity contribution in [3.63, 3.8) is 0 Å². The Bertz CT molecular complexity index is 1070. The normalized spacial score (nSPS) is 36.7. The van der Waals surface area contributed by atoms with Crippen LogP contribution in [0.2, 0.25) is 0 Å². The van der Waals surface area contributed by atoms with Crippen molar-refractivity contribution in [2.75, 3.05) is 27.4 Å². The predicted octanol–water partition coefficient (Wildman–Crippen LogP) is 0.333. The van der Waals surface area contributed by atoms with Gasteiger partial charge in [0.2, 0.25) is 0 Å². The summed E-state index contributed by atoms with van der Waals surface area (Å²) >= 11 is 0. The minimum absolute atomic E-state index is 0.0309. The molecule has 5 rings (SSSR count). The molecule has 2 aromatic carbocycles. The summed E-state index contributed by atoms with van der Waals surface area (Å²) < 4.78 is 34.7. The van der Waals surface area contributed by atoms with E-state index in [9.17, 15) is 30.6 Å². The molecule has 10 atom stereocenters. The molecular weight excluding hydrogens is 504 g/mol. The van der Waals surface area contributed by atoms with Crippen LogP contribution in [0.3, 0.4) is 0 Å². The number of phenols is 2. The molecule has 3 heterocycles. The van der Waals surface area contributed by atoms with E-state index in [-0.39, 0.29) is 35.5 Å². The second-order valence-electron chi connectivity index (χ2n) is 9.62. The molecule has 0 saturated carbocycles. The number of aliphatic hydroxyl groups excluding tert-OH is 4. The summed E-state index contributed by atoms with van der Waals surface area (Å²) in [6.07, 6.45) is -9.46. The van der Waals surface area contributed by atoms with Gasteiger partial charge in [0, 0.05) is 11.8 Å². The number of hydrogen-bond donors (Lipinski definition) is 6. The molecule has 3 saturated heterocycles. The van der Waals surface area contributed by atoms with Gasteiger partial charge in [-0.15, -0.1) is 0 Å². The Hall–Kier alpha value is -2.68. The molecular formula is C26H32O12. The molecule has 0 spiro atoms. The van der Waals surface area contributed by atoms with Crippen LogP contribution in [0.15, 0.2) is 36.4 Å². The maximum absolute atomic E-state index is 10.6. The van der Waals surface area contributed by atoms with Gasteiger partial charge in [0.05, 0.1) is 39.6 Å². The van der Waals surface area contributed by atoms with E-state index in [0.717, 1.165) is 0 Å². The first-order valence-electron chi connectivity index (χ1n) is 12.2. The fourth-order valence-electron chi connectivity index (χ4n) is 5.45. The lowest BCUT2D eigenvalue weighted by atomic mass is 9.84. The Labute approximate surface area is 218 Å². The summed E-state index contributed by atoms with van der Waals surface area (Å²) in [4.78, 5) is 0. The van der Waals surface area contributed by atoms with Gasteiger partial charge < -0.3 is 59.1 Å². The monoisotopic (exact) mass is 536 g/mol. The van der Waals surface area contributed by atoms with Gasteiger partial charge in [-0.1, -0.05) is 12.1 Å². The van der Waals surface area contributed by atoms with Gasteiger partial charge in [0.15, 0.2) is 35.6 Å². The van der Waals surface area contributed by atoms with Crippen LogP contribution in [0.5, 0.6) is 23.0 Å². The van der Waals surface area contributed by atoms with E-state index in [1.165, 1.54) is 26.4 Å². The zero-order valence-corrected chi connectivity index (χ0v) is 20.8. The number of aromatic hydroxyl groups is 2. The number of benzene rings is 2. The molecule has 0 amide bonds. The molecule has 0 bridgehead atoms. The number of fused-ring (bicyclic) bond motifs is 1. The number of phenolic OH excluding ortho intramolecular Hbond substituents is 2. The minimum Gasteiger partial charge on any atom is -0.504 e. The van der Waals surface area contributed by atoms with Crippen molar-refractivity contribution in [3.05, 3.63) is 47.5 Å². The number of hydrogen-bond acceptors (Lipinski definition) is 12. The van der Waals surface area contributed by atoms with Crippen LogP contribution >= 0.6 is 0 Å². The molecule has 0 aliphatic carbocycles. The topological polar surface area (TPSA) is 177 Å². The third-order valence-corrected chi connectivity index (χ3v) is 7.48. The maximum Gasteiger partial charge on any atom is 0.189 e. The first-order chi connectivity index (χ1) is 18.3. The van der Waals surface area contributed by atoms with Crippen LogP contribution in [0, 0.1) is 11.8 Å². The van der Waals surface area contributed by atoms with E-state index in [2.05, 4.69) is 0 Å². The van der Waals surface area contributed by atoms with Gasteiger partial charge in [-0.3, -0.25) is 0 Å². The van der Waals surface area contributed by atoms with Crippen LogP contribution in [0.25, 0.3) is 0 Å². The third kappa shape index (κ3) is 4.67. The van der Waals surface area contributed by atoms with E-state index < -0.39 is 61.7 Å². The number of methoxy groups -OCH3 is 2. The van der Waals surface area contributed by atoms with Crippen molar-refractivity contribution in [3.8, 4) is 23.0 Å². The van der Waals surface area contributed by atoms with E-state index >= 15 is 0 Å². The molecule has 0 aromatic heterocycles. The highest BCUT2D eigenvalue weighted by atomic mass is 16.8. The molecule has 208 valence electrons. The van der Waals surface area contributed by atoms with Crippen LogP contribution in [0.4, 0.5) is 0 Å². The summed E-state index contributed by atoms with van der Waals surface area (Å²) in [5.74, 6) is -0.224. The van der Waals surface area contributed by atoms with Crippen LogP contribution in [-0.2, 0) is 18.9 Å². The van der Waals surface area contributed by atoms with Crippen LogP contribution in [-0.4, -0.2) is 95.1 Å². The summed E-state index contributed by atoms with van der Waals surface area (Å²) in [6, 6.07) is 9.71. The molecule has 3 fully saturated rings. The molecule has 3 aliphatic heterocycles. The van der Waals surface area contributed by atoms with Gasteiger partial charge >= 0.3 is 0 Å². The first kappa shape index (κ1) is 26.9. The molecule has 6 N–H and O–H groups in total. The van der Waals surface area contributed by atoms with Gasteiger partial charge in [0.1, 0.15) is 24.4 Å². The van der Waals surface area contributed by atoms with E-state index in [0.29, 0.717) is 11.1 Å². The second-order valence-corrected chi connectivity index (χ2v) is 9.62. The van der Waals surface area contributed by atoms with Gasteiger partial charge in [-0.2, -0.15) is 0 Å². The Kier molecular flexibility index (Phi) is 7.67. The molecule has 12 heteroatoms. The summed E-state index contributed by atoms with van der Waals surface area (Å²) in [7, 11) is 2.88. The fourth-order valence-corrected chi connectivity index (χ4v) is 5.45. The third-order valence-electron chi connectivity index (χ3n) is 7.48. The van der Waals surface area contributed by atoms with Gasteiger partial charge in [-0.05, 0) is 35.4 Å². The van der Waals surface area contributed by atoms with Gasteiger partial charge in [0.25, 0.3) is 0 Å². The highest BCUT2D eigenvalue weighted by Gasteiger charge is 2.56. The van der Waals surface area contributed by atoms with Gasteiger partial charge in [-0.25, -0.2) is 0 Å². The van der Waals surface area contributed by atoms with Crippen LogP contribution < -0.4 is 9.47 Å². The molecule has 3 aliphatic rings. The van der Waals surface area contributed by atoms with Crippen molar-refractivity contribution in [1.82, 2.24) is 0 Å². The highest BCUT2D eigenvalue weighted by Crippen LogP contribution is 2.55. The van der Waals surface area contributed by atoms with Crippen molar-refractivity contribution >= 4 is 0 Å². The van der Waals surface area contributed by atoms with Crippen molar-refractivity contribution in [2.45, 2.75) is 49.2 Å². The standard InChI is InChI=1S/C26H32O12/c1-33-16-7-11(3-5-14(16)28)23-13-10-35-24(12-4-6-15(29)17(8-12)34-2)19(13)25(37-23)38-26-22(32)21(31)20(30)18(9-27)36-26/h3-8,13,18-32H,9-10H2,1-2H3/t13-,18-,19+,20-,21+,22-,23-,24+,25-,26+/m1/s1. The quantitative estimate of drug-likeness (QED) is 0.286. The lowest BCUT2D eigenvalue weighted by Crippen LogP contribution is -2.60. The van der Waals surface area contributed by atoms with Crippen LogP contribution in [0.1, 0.15) is 23.3 Å². The maximum atomic E-state index is 10.6. The number of rotatable bonds is 7.